The van der Waals surface area contributed by atoms with Crippen LogP contribution in [0.25, 0.3) is 22.2 Å². The van der Waals surface area contributed by atoms with E-state index in [4.69, 9.17) is 4.98 Å². The Morgan fingerprint density at radius 1 is 0.963 bits per heavy atom. The van der Waals surface area contributed by atoms with Gasteiger partial charge in [-0.1, -0.05) is 0 Å². The Balaban J connectivity index is 1.34. The normalized spacial score (nSPS) is 18.0. The summed E-state index contributed by atoms with van der Waals surface area (Å²) in [4.78, 5) is 27.8. The van der Waals surface area contributed by atoms with Gasteiger partial charge in [-0.15, -0.1) is 0 Å². The van der Waals surface area contributed by atoms with Gasteiger partial charge in [-0.05, 0) is 61.6 Å². The number of rotatable bonds is 3. The van der Waals surface area contributed by atoms with Crippen molar-refractivity contribution in [1.82, 2.24) is 19.9 Å². The molecule has 0 aromatic carbocycles. The van der Waals surface area contributed by atoms with Crippen LogP contribution in [0, 0.1) is 5.92 Å². The van der Waals surface area contributed by atoms with Crippen molar-refractivity contribution in [3.8, 4) is 11.1 Å². The molecule has 2 fully saturated rings. The molecule has 1 aliphatic heterocycles. The number of carbonyl (C=O) groups is 1. The number of amides is 1. The highest BCUT2D eigenvalue weighted by Gasteiger charge is 2.35. The maximum atomic E-state index is 12.2. The molecule has 4 heterocycles. The third-order valence-corrected chi connectivity index (χ3v) is 5.73. The maximum absolute atomic E-state index is 12.2. The van der Waals surface area contributed by atoms with Crippen LogP contribution < -0.4 is 0 Å². The van der Waals surface area contributed by atoms with Gasteiger partial charge in [0.2, 0.25) is 5.91 Å². The maximum Gasteiger partial charge on any atom is 0.225 e. The number of hydrogen-bond donors (Lipinski definition) is 0. The van der Waals surface area contributed by atoms with Crippen LogP contribution in [-0.4, -0.2) is 38.8 Å². The summed E-state index contributed by atoms with van der Waals surface area (Å²) in [6.45, 7) is 1.71. The van der Waals surface area contributed by atoms with Gasteiger partial charge in [0.25, 0.3) is 0 Å². The Kier molecular flexibility index (Phi) is 4.07. The number of nitrogens with zero attached hydrogens (tertiary/aromatic N) is 4. The van der Waals surface area contributed by atoms with Crippen molar-refractivity contribution < 1.29 is 4.79 Å². The molecule has 1 saturated heterocycles. The van der Waals surface area contributed by atoms with Gasteiger partial charge in [0.05, 0.1) is 0 Å². The molecule has 0 N–H and O–H groups in total. The number of carbonyl (C=O) groups excluding carboxylic acids is 1. The second kappa shape index (κ2) is 6.72. The van der Waals surface area contributed by atoms with Crippen LogP contribution in [-0.2, 0) is 4.79 Å². The molecular weight excluding hydrogens is 336 g/mol. The molecule has 1 saturated carbocycles. The fraction of sp³-hybridized carbons (Fsp3) is 0.364. The molecule has 5 nitrogen and oxygen atoms in total. The van der Waals surface area contributed by atoms with Gasteiger partial charge in [0.15, 0.2) is 5.65 Å². The lowest BCUT2D eigenvalue weighted by atomic mass is 9.92. The highest BCUT2D eigenvalue weighted by atomic mass is 16.2. The van der Waals surface area contributed by atoms with Crippen molar-refractivity contribution >= 4 is 16.9 Å². The van der Waals surface area contributed by atoms with Gasteiger partial charge in [-0.25, -0.2) is 9.97 Å². The van der Waals surface area contributed by atoms with E-state index in [2.05, 4.69) is 33.1 Å². The van der Waals surface area contributed by atoms with Crippen molar-refractivity contribution in [1.29, 1.82) is 0 Å². The Labute approximate surface area is 158 Å². The quantitative estimate of drug-likeness (QED) is 0.714. The van der Waals surface area contributed by atoms with E-state index in [0.717, 1.165) is 66.6 Å². The van der Waals surface area contributed by atoms with Gasteiger partial charge in [0.1, 0.15) is 0 Å². The van der Waals surface area contributed by atoms with Gasteiger partial charge in [0, 0.05) is 60.2 Å². The summed E-state index contributed by atoms with van der Waals surface area (Å²) in [5, 5.41) is 1.05. The summed E-state index contributed by atoms with van der Waals surface area (Å²) >= 11 is 0. The fourth-order valence-electron chi connectivity index (χ4n) is 3.94. The lowest BCUT2D eigenvalue weighted by Crippen LogP contribution is -2.38. The summed E-state index contributed by atoms with van der Waals surface area (Å²) in [6.07, 6.45) is 9.61. The molecule has 5 heteroatoms. The number of piperidine rings is 1. The molecular formula is C22H22N4O. The van der Waals surface area contributed by atoms with Crippen LogP contribution in [0.1, 0.15) is 37.3 Å². The summed E-state index contributed by atoms with van der Waals surface area (Å²) in [6, 6.07) is 10.4. The van der Waals surface area contributed by atoms with Crippen molar-refractivity contribution in [2.45, 2.75) is 31.6 Å². The van der Waals surface area contributed by atoms with Crippen molar-refractivity contribution in [2.75, 3.05) is 13.1 Å². The molecule has 0 radical (unpaired) electrons. The molecule has 5 rings (SSSR count). The predicted octanol–water partition coefficient (Wildman–Crippen LogP) is 3.81. The molecule has 3 aromatic rings. The number of likely N-dealkylation sites (tertiary alicyclic amines) is 1. The summed E-state index contributed by atoms with van der Waals surface area (Å²) < 4.78 is 0. The van der Waals surface area contributed by atoms with E-state index >= 15 is 0 Å². The van der Waals surface area contributed by atoms with Crippen LogP contribution in [0.2, 0.25) is 0 Å². The Morgan fingerprint density at radius 2 is 1.74 bits per heavy atom. The second-order valence-electron chi connectivity index (χ2n) is 7.62. The van der Waals surface area contributed by atoms with Gasteiger partial charge in [-0.2, -0.15) is 0 Å². The van der Waals surface area contributed by atoms with Crippen LogP contribution in [0.5, 0.6) is 0 Å². The first-order valence-corrected chi connectivity index (χ1v) is 9.74. The topological polar surface area (TPSA) is 59.0 Å². The second-order valence-corrected chi connectivity index (χ2v) is 7.62. The predicted molar refractivity (Wildman–Crippen MR) is 104 cm³/mol. The standard InChI is InChI=1S/C22H22N4O/c27-22(17-1-2-17)26-11-7-16(8-12-26)20-4-3-18-13-19(14-24-21(18)25-20)15-5-9-23-10-6-15/h3-6,9-10,13-14,16-17H,1-2,7-8,11-12H2. The van der Waals surface area contributed by atoms with E-state index in [-0.39, 0.29) is 0 Å². The molecule has 0 atom stereocenters. The number of hydrogen-bond acceptors (Lipinski definition) is 4. The number of aromatic nitrogens is 3. The zero-order valence-electron chi connectivity index (χ0n) is 15.2. The van der Waals surface area contributed by atoms with E-state index in [9.17, 15) is 4.79 Å². The van der Waals surface area contributed by atoms with Gasteiger partial charge >= 0.3 is 0 Å². The van der Waals surface area contributed by atoms with Crippen molar-refractivity contribution in [2.24, 2.45) is 5.92 Å². The summed E-state index contributed by atoms with van der Waals surface area (Å²) in [5.41, 5.74) is 4.08. The van der Waals surface area contributed by atoms with Crippen molar-refractivity contribution in [3.63, 3.8) is 0 Å². The van der Waals surface area contributed by atoms with Crippen molar-refractivity contribution in [3.05, 3.63) is 54.6 Å². The molecule has 3 aromatic heterocycles. The smallest absolute Gasteiger partial charge is 0.225 e. The third kappa shape index (κ3) is 3.29. The molecule has 0 unspecified atom stereocenters. The zero-order valence-corrected chi connectivity index (χ0v) is 15.2. The third-order valence-electron chi connectivity index (χ3n) is 5.73. The van der Waals surface area contributed by atoms with Gasteiger partial charge < -0.3 is 4.90 Å². The first kappa shape index (κ1) is 16.4. The molecule has 1 aliphatic carbocycles. The molecule has 0 spiro atoms. The molecule has 1 amide bonds. The molecule has 136 valence electrons. The Bertz CT molecular complexity index is 976. The summed E-state index contributed by atoms with van der Waals surface area (Å²) in [5.74, 6) is 1.10. The minimum Gasteiger partial charge on any atom is -0.342 e. The molecule has 2 aliphatic rings. The van der Waals surface area contributed by atoms with E-state index in [1.165, 1.54) is 0 Å². The SMILES string of the molecule is O=C(C1CC1)N1CCC(c2ccc3cc(-c4ccncc4)cnc3n2)CC1. The minimum atomic E-state index is 0.319. The highest BCUT2D eigenvalue weighted by Crippen LogP contribution is 2.34. The zero-order chi connectivity index (χ0) is 18.2. The number of pyridine rings is 3. The first-order chi connectivity index (χ1) is 13.3. The van der Waals surface area contributed by atoms with Gasteiger partial charge in [-0.3, -0.25) is 9.78 Å². The average Bonchev–Trinajstić information content (AvgIpc) is 3.59. The summed E-state index contributed by atoms with van der Waals surface area (Å²) in [7, 11) is 0. The molecule has 27 heavy (non-hydrogen) atoms. The highest BCUT2D eigenvalue weighted by molar-refractivity contribution is 5.81. The fourth-order valence-corrected chi connectivity index (χ4v) is 3.94. The lowest BCUT2D eigenvalue weighted by molar-refractivity contribution is -0.133. The van der Waals surface area contributed by atoms with E-state index in [1.807, 2.05) is 18.3 Å². The van der Waals surface area contributed by atoms with Crippen LogP contribution in [0.4, 0.5) is 0 Å². The Morgan fingerprint density at radius 3 is 2.48 bits per heavy atom. The van der Waals surface area contributed by atoms with Crippen LogP contribution in [0.3, 0.4) is 0 Å². The monoisotopic (exact) mass is 358 g/mol. The minimum absolute atomic E-state index is 0.319. The average molecular weight is 358 g/mol. The number of fused-ring (bicyclic) bond motifs is 1. The van der Waals surface area contributed by atoms with E-state index < -0.39 is 0 Å². The lowest BCUT2D eigenvalue weighted by Gasteiger charge is -2.32. The Hall–Kier alpha value is -2.82. The van der Waals surface area contributed by atoms with E-state index in [0.29, 0.717) is 17.7 Å². The first-order valence-electron chi connectivity index (χ1n) is 9.74. The van der Waals surface area contributed by atoms with E-state index in [1.54, 1.807) is 12.4 Å². The van der Waals surface area contributed by atoms with Crippen LogP contribution >= 0.6 is 0 Å². The largest absolute Gasteiger partial charge is 0.342 e. The van der Waals surface area contributed by atoms with Crippen LogP contribution in [0.15, 0.2) is 48.9 Å². The molecule has 0 bridgehead atoms.